The fraction of sp³-hybridized carbons (Fsp3) is 0.611. The minimum atomic E-state index is -3.86. The van der Waals surface area contributed by atoms with Gasteiger partial charge in [-0.2, -0.15) is 0 Å². The van der Waals surface area contributed by atoms with Crippen molar-refractivity contribution < 1.29 is 32.0 Å². The standard InChI is InChI=1S/C18H28O7P2S/c1-5-22-26(20,23-6-2)17(27(21,24-7-3)25-8-4)13-16-18(19)14-11-9-10-12-15(14)28-16/h9-12,16-17H,5-8,13H2,1-4H3. The van der Waals surface area contributed by atoms with Gasteiger partial charge in [0.1, 0.15) is 0 Å². The Morgan fingerprint density at radius 1 is 0.893 bits per heavy atom. The van der Waals surface area contributed by atoms with E-state index in [0.29, 0.717) is 5.56 Å². The van der Waals surface area contributed by atoms with Crippen molar-refractivity contribution >= 4 is 32.7 Å². The van der Waals surface area contributed by atoms with E-state index >= 15 is 0 Å². The molecule has 0 saturated heterocycles. The van der Waals surface area contributed by atoms with Crippen molar-refractivity contribution in [3.63, 3.8) is 0 Å². The molecule has 1 aromatic carbocycles. The molecule has 1 aliphatic heterocycles. The smallest absolute Gasteiger partial charge is 0.308 e. The van der Waals surface area contributed by atoms with Crippen molar-refractivity contribution in [1.29, 1.82) is 0 Å². The summed E-state index contributed by atoms with van der Waals surface area (Å²) in [6.45, 7) is 7.16. The summed E-state index contributed by atoms with van der Waals surface area (Å²) in [6, 6.07) is 7.28. The van der Waals surface area contributed by atoms with Gasteiger partial charge in [0.2, 0.25) is 0 Å². The average molecular weight is 450 g/mol. The van der Waals surface area contributed by atoms with E-state index in [0.717, 1.165) is 4.90 Å². The SMILES string of the molecule is CCOP(=O)(OCC)C(CC1Sc2ccccc2C1=O)P(=O)(OCC)OCC. The summed E-state index contributed by atoms with van der Waals surface area (Å²) >= 11 is 1.36. The highest BCUT2D eigenvalue weighted by molar-refractivity contribution is 8.01. The zero-order valence-electron chi connectivity index (χ0n) is 16.7. The van der Waals surface area contributed by atoms with Gasteiger partial charge in [-0.3, -0.25) is 13.9 Å². The quantitative estimate of drug-likeness (QED) is 0.381. The predicted molar refractivity (Wildman–Crippen MR) is 111 cm³/mol. The monoisotopic (exact) mass is 450 g/mol. The van der Waals surface area contributed by atoms with Crippen molar-refractivity contribution in [3.05, 3.63) is 29.8 Å². The first-order chi connectivity index (χ1) is 13.3. The minimum Gasteiger partial charge on any atom is -0.308 e. The van der Waals surface area contributed by atoms with Crippen LogP contribution < -0.4 is 0 Å². The normalized spacial score (nSPS) is 17.3. The first-order valence-electron chi connectivity index (χ1n) is 9.42. The van der Waals surface area contributed by atoms with E-state index in [-0.39, 0.29) is 38.6 Å². The maximum absolute atomic E-state index is 13.6. The second-order valence-corrected chi connectivity index (χ2v) is 12.0. The fourth-order valence-electron chi connectivity index (χ4n) is 3.07. The maximum Gasteiger partial charge on any atom is 0.345 e. The lowest BCUT2D eigenvalue weighted by Gasteiger charge is -2.32. The topological polar surface area (TPSA) is 88.1 Å². The first-order valence-corrected chi connectivity index (χ1v) is 13.5. The van der Waals surface area contributed by atoms with Gasteiger partial charge in [-0.1, -0.05) is 18.2 Å². The Balaban J connectivity index is 2.42. The number of rotatable bonds is 12. The minimum absolute atomic E-state index is 0.00668. The van der Waals surface area contributed by atoms with Gasteiger partial charge in [0.25, 0.3) is 0 Å². The van der Waals surface area contributed by atoms with Crippen LogP contribution in [0.25, 0.3) is 0 Å². The van der Waals surface area contributed by atoms with Gasteiger partial charge in [0.05, 0.1) is 31.7 Å². The summed E-state index contributed by atoms with van der Waals surface area (Å²) in [5.41, 5.74) is 0.613. The second-order valence-electron chi connectivity index (χ2n) is 5.93. The number of hydrogen-bond donors (Lipinski definition) is 0. The van der Waals surface area contributed by atoms with Gasteiger partial charge in [0.15, 0.2) is 11.2 Å². The summed E-state index contributed by atoms with van der Waals surface area (Å²) in [6.07, 6.45) is 0.00668. The molecule has 0 radical (unpaired) electrons. The molecule has 158 valence electrons. The summed E-state index contributed by atoms with van der Waals surface area (Å²) < 4.78 is 49.1. The van der Waals surface area contributed by atoms with Crippen molar-refractivity contribution in [2.24, 2.45) is 0 Å². The number of benzene rings is 1. The van der Waals surface area contributed by atoms with Gasteiger partial charge < -0.3 is 18.1 Å². The summed E-state index contributed by atoms with van der Waals surface area (Å²) in [7, 11) is -7.73. The van der Waals surface area contributed by atoms with E-state index in [4.69, 9.17) is 18.1 Å². The van der Waals surface area contributed by atoms with Crippen molar-refractivity contribution in [2.75, 3.05) is 26.4 Å². The third kappa shape index (κ3) is 5.17. The number of thioether (sulfide) groups is 1. The van der Waals surface area contributed by atoms with Gasteiger partial charge in [-0.15, -0.1) is 11.8 Å². The van der Waals surface area contributed by atoms with Crippen LogP contribution in [-0.2, 0) is 27.2 Å². The highest BCUT2D eigenvalue weighted by Crippen LogP contribution is 2.72. The van der Waals surface area contributed by atoms with Gasteiger partial charge in [-0.05, 0) is 40.2 Å². The van der Waals surface area contributed by atoms with E-state index in [1.165, 1.54) is 11.8 Å². The lowest BCUT2D eigenvalue weighted by molar-refractivity contribution is 0.0988. The summed E-state index contributed by atoms with van der Waals surface area (Å²) in [5, 5.41) is -1.75. The van der Waals surface area contributed by atoms with E-state index in [1.807, 2.05) is 12.1 Å². The van der Waals surface area contributed by atoms with Crippen molar-refractivity contribution in [1.82, 2.24) is 0 Å². The Kier molecular flexibility index (Phi) is 8.96. The molecule has 7 nitrogen and oxygen atoms in total. The Hall–Kier alpha value is -0.460. The molecule has 0 bridgehead atoms. The Bertz CT molecular complexity index is 720. The van der Waals surface area contributed by atoms with Crippen LogP contribution in [0.3, 0.4) is 0 Å². The largest absolute Gasteiger partial charge is 0.345 e. The number of hydrogen-bond acceptors (Lipinski definition) is 8. The Morgan fingerprint density at radius 3 is 1.79 bits per heavy atom. The van der Waals surface area contributed by atoms with Crippen molar-refractivity contribution in [3.8, 4) is 0 Å². The third-order valence-electron chi connectivity index (χ3n) is 4.11. The lowest BCUT2D eigenvalue weighted by atomic mass is 10.1. The number of carbonyl (C=O) groups is 1. The van der Waals surface area contributed by atoms with E-state index < -0.39 is 25.8 Å². The molecule has 0 N–H and O–H groups in total. The maximum atomic E-state index is 13.6. The Labute approximate surface area is 170 Å². The van der Waals surface area contributed by atoms with Crippen LogP contribution in [0.1, 0.15) is 44.5 Å². The van der Waals surface area contributed by atoms with Crippen LogP contribution in [-0.4, -0.2) is 42.9 Å². The molecule has 1 aliphatic rings. The molecule has 0 saturated carbocycles. The summed E-state index contributed by atoms with van der Waals surface area (Å²) in [4.78, 5) is 13.7. The van der Waals surface area contributed by atoms with Crippen LogP contribution in [0.4, 0.5) is 0 Å². The average Bonchev–Trinajstić information content (AvgIpc) is 2.96. The number of carbonyl (C=O) groups excluding carboxylic acids is 1. The number of fused-ring (bicyclic) bond motifs is 1. The molecule has 28 heavy (non-hydrogen) atoms. The van der Waals surface area contributed by atoms with E-state index in [1.54, 1.807) is 39.8 Å². The van der Waals surface area contributed by atoms with Gasteiger partial charge in [0, 0.05) is 10.5 Å². The second kappa shape index (κ2) is 10.5. The molecule has 1 unspecified atom stereocenters. The Morgan fingerprint density at radius 2 is 1.36 bits per heavy atom. The summed E-state index contributed by atoms with van der Waals surface area (Å²) in [5.74, 6) is -0.0929. The third-order valence-corrected chi connectivity index (χ3v) is 11.5. The number of ketones is 1. The van der Waals surface area contributed by atoms with Crippen LogP contribution in [0, 0.1) is 0 Å². The van der Waals surface area contributed by atoms with E-state index in [2.05, 4.69) is 0 Å². The first kappa shape index (κ1) is 23.8. The zero-order chi connectivity index (χ0) is 20.8. The van der Waals surface area contributed by atoms with Gasteiger partial charge >= 0.3 is 15.2 Å². The molecule has 0 aromatic heterocycles. The van der Waals surface area contributed by atoms with Crippen LogP contribution in [0.2, 0.25) is 0 Å². The molecule has 0 aliphatic carbocycles. The van der Waals surface area contributed by atoms with Crippen LogP contribution >= 0.6 is 27.0 Å². The highest BCUT2D eigenvalue weighted by Gasteiger charge is 2.53. The zero-order valence-corrected chi connectivity index (χ0v) is 19.3. The molecule has 1 atom stereocenters. The molecular weight excluding hydrogens is 422 g/mol. The molecule has 0 fully saturated rings. The molecular formula is C18H28O7P2S. The molecule has 2 rings (SSSR count). The van der Waals surface area contributed by atoms with Crippen LogP contribution in [0.5, 0.6) is 0 Å². The molecule has 1 aromatic rings. The molecule has 0 amide bonds. The predicted octanol–water partition coefficient (Wildman–Crippen LogP) is 5.59. The van der Waals surface area contributed by atoms with Crippen molar-refractivity contribution in [2.45, 2.75) is 49.7 Å². The van der Waals surface area contributed by atoms with Crippen LogP contribution in [0.15, 0.2) is 29.2 Å². The fourth-order valence-corrected chi connectivity index (χ4v) is 10.0. The molecule has 0 spiro atoms. The lowest BCUT2D eigenvalue weighted by Crippen LogP contribution is -2.24. The van der Waals surface area contributed by atoms with Gasteiger partial charge in [-0.25, -0.2) is 0 Å². The molecule has 10 heteroatoms. The highest BCUT2D eigenvalue weighted by atomic mass is 32.2. The van der Waals surface area contributed by atoms with E-state index in [9.17, 15) is 13.9 Å². The molecule has 1 heterocycles. The number of Topliss-reactive ketones (excluding diaryl/α,β-unsaturated/α-hetero) is 1.